The van der Waals surface area contributed by atoms with E-state index < -0.39 is 0 Å². The van der Waals surface area contributed by atoms with Crippen molar-refractivity contribution in [3.63, 3.8) is 0 Å². The van der Waals surface area contributed by atoms with Gasteiger partial charge in [-0.15, -0.1) is 0 Å². The van der Waals surface area contributed by atoms with E-state index in [1.807, 2.05) is 24.9 Å². The topological polar surface area (TPSA) is 95.0 Å². The van der Waals surface area contributed by atoms with Crippen LogP contribution in [0, 0.1) is 24.2 Å². The van der Waals surface area contributed by atoms with Gasteiger partial charge in [0.25, 0.3) is 0 Å². The molecule has 2 aliphatic carbocycles. The number of anilines is 1. The van der Waals surface area contributed by atoms with Gasteiger partial charge in [-0.3, -0.25) is 14.1 Å². The van der Waals surface area contributed by atoms with Gasteiger partial charge in [-0.1, -0.05) is 18.9 Å². The summed E-state index contributed by atoms with van der Waals surface area (Å²) in [4.78, 5) is 21.8. The van der Waals surface area contributed by atoms with E-state index in [1.165, 1.54) is 0 Å². The highest BCUT2D eigenvalue weighted by atomic mass is 16.1. The van der Waals surface area contributed by atoms with Crippen molar-refractivity contribution < 1.29 is 0 Å². The molecule has 0 amide bonds. The number of hydrazone groups is 1. The lowest BCUT2D eigenvalue weighted by atomic mass is 9.97. The fraction of sp³-hybridized carbons (Fsp3) is 0.407. The molecule has 0 bridgehead atoms. The molecule has 2 unspecified atom stereocenters. The van der Waals surface area contributed by atoms with Crippen molar-refractivity contribution in [1.82, 2.24) is 19.1 Å². The summed E-state index contributed by atoms with van der Waals surface area (Å²) in [6, 6.07) is 8.95. The molecular formula is C27H29N7O. The Morgan fingerprint density at radius 1 is 1.31 bits per heavy atom. The Labute approximate surface area is 203 Å². The first-order valence-corrected chi connectivity index (χ1v) is 12.3. The fourth-order valence-electron chi connectivity index (χ4n) is 5.98. The lowest BCUT2D eigenvalue weighted by Gasteiger charge is -2.17. The largest absolute Gasteiger partial charge is 0.342 e. The number of aryl methyl sites for hydroxylation is 2. The lowest BCUT2D eigenvalue weighted by molar-refractivity contribution is 0.510. The number of hydrogen-bond donors (Lipinski definition) is 1. The second-order valence-electron chi connectivity index (χ2n) is 10.0. The first kappa shape index (κ1) is 21.7. The van der Waals surface area contributed by atoms with Crippen molar-refractivity contribution in [2.75, 3.05) is 12.1 Å². The minimum atomic E-state index is 0.00145. The Balaban J connectivity index is 1.69. The van der Waals surface area contributed by atoms with Gasteiger partial charge in [0.2, 0.25) is 0 Å². The number of aromatic nitrogens is 4. The van der Waals surface area contributed by atoms with Crippen molar-refractivity contribution >= 4 is 34.5 Å². The Hall–Kier alpha value is -3.86. The monoisotopic (exact) mass is 467 g/mol. The highest BCUT2D eigenvalue weighted by Crippen LogP contribution is 2.52. The van der Waals surface area contributed by atoms with Gasteiger partial charge in [-0.25, -0.2) is 9.78 Å². The molecule has 0 aliphatic heterocycles. The normalized spacial score (nSPS) is 19.9. The van der Waals surface area contributed by atoms with Crippen molar-refractivity contribution in [2.24, 2.45) is 18.1 Å². The van der Waals surface area contributed by atoms with Crippen LogP contribution in [-0.2, 0) is 7.05 Å². The van der Waals surface area contributed by atoms with Gasteiger partial charge < -0.3 is 4.98 Å². The summed E-state index contributed by atoms with van der Waals surface area (Å²) in [5.41, 5.74) is 7.80. The Bertz CT molecular complexity index is 1590. The molecule has 3 heterocycles. The highest BCUT2D eigenvalue weighted by Gasteiger charge is 2.42. The molecule has 2 aliphatic rings. The summed E-state index contributed by atoms with van der Waals surface area (Å²) < 4.78 is 3.74. The van der Waals surface area contributed by atoms with Crippen LogP contribution in [0.15, 0.2) is 34.3 Å². The maximum Gasteiger partial charge on any atom is 0.329 e. The number of H-pyrrole nitrogens is 1. The van der Waals surface area contributed by atoms with E-state index in [0.717, 1.165) is 82.2 Å². The number of hydrogen-bond acceptors (Lipinski definition) is 5. The summed E-state index contributed by atoms with van der Waals surface area (Å²) in [6.07, 6.45) is 6.97. The molecule has 2 saturated carbocycles. The minimum Gasteiger partial charge on any atom is -0.342 e. The van der Waals surface area contributed by atoms with Gasteiger partial charge in [0, 0.05) is 44.0 Å². The number of fused-ring (bicyclic) bond motifs is 3. The van der Waals surface area contributed by atoms with Gasteiger partial charge in [0.1, 0.15) is 5.65 Å². The Kier molecular flexibility index (Phi) is 4.85. The van der Waals surface area contributed by atoms with Gasteiger partial charge in [0.15, 0.2) is 0 Å². The third kappa shape index (κ3) is 3.14. The zero-order valence-corrected chi connectivity index (χ0v) is 20.4. The van der Waals surface area contributed by atoms with Crippen LogP contribution in [0.25, 0.3) is 33.2 Å². The zero-order valence-electron chi connectivity index (χ0n) is 20.4. The molecule has 2 atom stereocenters. The van der Waals surface area contributed by atoms with Gasteiger partial charge in [-0.05, 0) is 49.4 Å². The third-order valence-electron chi connectivity index (χ3n) is 7.96. The first-order chi connectivity index (χ1) is 16.9. The number of imidazole rings is 1. The summed E-state index contributed by atoms with van der Waals surface area (Å²) in [5.74, 6) is 0.147. The summed E-state index contributed by atoms with van der Waals surface area (Å²) >= 11 is 0. The Morgan fingerprint density at radius 2 is 2.09 bits per heavy atom. The van der Waals surface area contributed by atoms with Crippen LogP contribution in [0.1, 0.15) is 55.3 Å². The van der Waals surface area contributed by atoms with Crippen LogP contribution in [0.3, 0.4) is 0 Å². The molecule has 0 radical (unpaired) electrons. The van der Waals surface area contributed by atoms with E-state index in [0.29, 0.717) is 0 Å². The number of nitrogens with one attached hydrogen (secondary N) is 1. The number of nitrogens with zero attached hydrogens (tertiary/aromatic N) is 6. The zero-order chi connectivity index (χ0) is 24.4. The second-order valence-corrected chi connectivity index (χ2v) is 10.0. The molecule has 6 rings (SSSR count). The standard InChI is InChI=1S/C27H29N7O/c1-15-11-16(9-10-20(15)33(4)29-2)22-23-25-21(32(3)27(35)34(25)18-7-5-6-8-18)14-30-26(23)31-24(22)19-12-17(19)13-28/h9-11,14,17-19H,2,5-8,12H2,1,3-4H3,(H,30,31). The van der Waals surface area contributed by atoms with Crippen molar-refractivity contribution in [2.45, 2.75) is 51.0 Å². The second kappa shape index (κ2) is 7.84. The van der Waals surface area contributed by atoms with Gasteiger partial charge in [-0.2, -0.15) is 10.4 Å². The van der Waals surface area contributed by atoms with Gasteiger partial charge in [0.05, 0.1) is 40.3 Å². The van der Waals surface area contributed by atoms with E-state index in [9.17, 15) is 10.1 Å². The highest BCUT2D eigenvalue weighted by molar-refractivity contribution is 6.11. The van der Waals surface area contributed by atoms with E-state index in [1.54, 1.807) is 9.58 Å². The van der Waals surface area contributed by atoms with Crippen molar-refractivity contribution in [3.05, 3.63) is 46.1 Å². The molecule has 3 aromatic heterocycles. The fourth-order valence-corrected chi connectivity index (χ4v) is 5.98. The average Bonchev–Trinajstić information content (AvgIpc) is 3.15. The van der Waals surface area contributed by atoms with E-state index in [2.05, 4.69) is 48.0 Å². The van der Waals surface area contributed by atoms with E-state index in [4.69, 9.17) is 4.98 Å². The van der Waals surface area contributed by atoms with Gasteiger partial charge >= 0.3 is 5.69 Å². The van der Waals surface area contributed by atoms with Crippen LogP contribution >= 0.6 is 0 Å². The molecule has 178 valence electrons. The molecular weight excluding hydrogens is 438 g/mol. The minimum absolute atomic E-state index is 0.00145. The van der Waals surface area contributed by atoms with Crippen LogP contribution in [0.2, 0.25) is 0 Å². The molecule has 0 saturated heterocycles. The molecule has 4 aromatic rings. The van der Waals surface area contributed by atoms with Crippen LogP contribution < -0.4 is 10.7 Å². The number of nitriles is 1. The van der Waals surface area contributed by atoms with E-state index in [-0.39, 0.29) is 23.6 Å². The van der Waals surface area contributed by atoms with Crippen LogP contribution in [-0.4, -0.2) is 32.9 Å². The number of benzene rings is 1. The van der Waals surface area contributed by atoms with Crippen LogP contribution in [0.4, 0.5) is 5.69 Å². The number of pyridine rings is 1. The molecule has 0 spiro atoms. The van der Waals surface area contributed by atoms with E-state index >= 15 is 0 Å². The van der Waals surface area contributed by atoms with Crippen LogP contribution in [0.5, 0.6) is 0 Å². The summed E-state index contributed by atoms with van der Waals surface area (Å²) in [6.45, 7) is 5.71. The average molecular weight is 468 g/mol. The maximum atomic E-state index is 13.4. The third-order valence-corrected chi connectivity index (χ3v) is 7.96. The number of aromatic amines is 1. The molecule has 8 nitrogen and oxygen atoms in total. The molecule has 35 heavy (non-hydrogen) atoms. The summed E-state index contributed by atoms with van der Waals surface area (Å²) in [7, 11) is 3.71. The molecule has 1 aromatic carbocycles. The predicted octanol–water partition coefficient (Wildman–Crippen LogP) is 4.99. The Morgan fingerprint density at radius 3 is 2.74 bits per heavy atom. The van der Waals surface area contributed by atoms with Crippen molar-refractivity contribution in [1.29, 1.82) is 5.26 Å². The SMILES string of the molecule is C=NN(C)c1ccc(-c2c(C3CC3C#N)[nH]c3ncc4c(c23)n(C2CCCC2)c(=O)n4C)cc1C. The molecule has 2 fully saturated rings. The summed E-state index contributed by atoms with van der Waals surface area (Å²) in [5, 5.41) is 16.4. The van der Waals surface area contributed by atoms with Crippen molar-refractivity contribution in [3.8, 4) is 17.2 Å². The molecule has 1 N–H and O–H groups in total. The lowest BCUT2D eigenvalue weighted by Crippen LogP contribution is -2.24. The maximum absolute atomic E-state index is 13.4. The quantitative estimate of drug-likeness (QED) is 0.331. The number of rotatable bonds is 5. The first-order valence-electron chi connectivity index (χ1n) is 12.3. The predicted molar refractivity (Wildman–Crippen MR) is 139 cm³/mol. The smallest absolute Gasteiger partial charge is 0.329 e. The molecule has 8 heteroatoms.